The Kier molecular flexibility index (Phi) is 5.78. The van der Waals surface area contributed by atoms with Crippen molar-refractivity contribution in [2.45, 2.75) is 63.5 Å². The van der Waals surface area contributed by atoms with Crippen molar-refractivity contribution in [1.82, 2.24) is 19.1 Å². The van der Waals surface area contributed by atoms with Gasteiger partial charge < -0.3 is 19.9 Å². The van der Waals surface area contributed by atoms with E-state index in [1.165, 1.54) is 0 Å². The summed E-state index contributed by atoms with van der Waals surface area (Å²) < 4.78 is 72.7. The Morgan fingerprint density at radius 1 is 1.35 bits per heavy atom. The summed E-state index contributed by atoms with van der Waals surface area (Å²) in [7, 11) is 1.08. The lowest BCUT2D eigenvalue weighted by molar-refractivity contribution is -0.190. The summed E-state index contributed by atoms with van der Waals surface area (Å²) in [6.45, 7) is 0.283. The first-order valence-corrected chi connectivity index (χ1v) is 10.2. The smallest absolute Gasteiger partial charge is 0.396 e. The van der Waals surface area contributed by atoms with Gasteiger partial charge in [-0.15, -0.1) is 0 Å². The van der Waals surface area contributed by atoms with Crippen LogP contribution in [0.4, 0.5) is 23.5 Å². The molecule has 1 aliphatic carbocycles. The van der Waals surface area contributed by atoms with Crippen molar-refractivity contribution in [2.75, 3.05) is 12.8 Å². The van der Waals surface area contributed by atoms with Crippen LogP contribution in [0.2, 0.25) is 0 Å². The molecular formula is C19H21F4N5O6. The summed E-state index contributed by atoms with van der Waals surface area (Å²) in [5.41, 5.74) is 2.19. The highest BCUT2D eigenvalue weighted by Gasteiger charge is 2.63. The third-order valence-corrected chi connectivity index (χ3v) is 6.06. The highest BCUT2D eigenvalue weighted by molar-refractivity contribution is 5.72. The molecule has 2 N–H and O–H groups in total. The van der Waals surface area contributed by atoms with Gasteiger partial charge in [0, 0.05) is 13.5 Å². The number of hydrogen-bond donors (Lipinski definition) is 1. The first kappa shape index (κ1) is 23.9. The number of aromatic nitrogens is 4. The zero-order chi connectivity index (χ0) is 25.0. The maximum absolute atomic E-state index is 15.2. The molecule has 0 amide bonds. The highest BCUT2D eigenvalue weighted by Crippen LogP contribution is 2.58. The third kappa shape index (κ3) is 3.97. The van der Waals surface area contributed by atoms with E-state index in [0.29, 0.717) is 0 Å². The Hall–Kier alpha value is -3.23. The van der Waals surface area contributed by atoms with Gasteiger partial charge in [0.05, 0.1) is 25.1 Å². The first-order valence-electron chi connectivity index (χ1n) is 10.2. The summed E-state index contributed by atoms with van der Waals surface area (Å²) in [6, 6.07) is 0. The number of imidazole rings is 1. The van der Waals surface area contributed by atoms with Crippen LogP contribution < -0.4 is 11.4 Å². The van der Waals surface area contributed by atoms with Crippen molar-refractivity contribution in [3.63, 3.8) is 0 Å². The van der Waals surface area contributed by atoms with E-state index in [1.54, 1.807) is 0 Å². The minimum atomic E-state index is -4.56. The van der Waals surface area contributed by atoms with Crippen LogP contribution in [0.25, 0.3) is 11.2 Å². The van der Waals surface area contributed by atoms with Gasteiger partial charge in [0.2, 0.25) is 5.95 Å². The van der Waals surface area contributed by atoms with Crippen molar-refractivity contribution >= 4 is 29.1 Å². The molecule has 1 aliphatic heterocycles. The average Bonchev–Trinajstić information content (AvgIpc) is 3.44. The number of methoxy groups -OCH3 is 1. The van der Waals surface area contributed by atoms with E-state index in [1.807, 2.05) is 0 Å². The lowest BCUT2D eigenvalue weighted by atomic mass is 10.1. The standard InChI is InChI=1S/C19H21F4N5O6/c1-8(29)33-13-12(20)10(5-11(30)32-2)34-15(13)28-14-9(6-25-16(24)26-14)27(17(28)31)7-18(3-4-18)19(21,22)23/h6,10,12-13,15H,3-5,7H2,1-2H3,(H2,24,25,26)/t10-,12-,13-,15-/m1/s1. The molecule has 11 nitrogen and oxygen atoms in total. The van der Waals surface area contributed by atoms with E-state index in [9.17, 15) is 27.6 Å². The molecule has 2 aromatic heterocycles. The monoisotopic (exact) mass is 491 g/mol. The topological polar surface area (TPSA) is 141 Å². The molecule has 186 valence electrons. The second kappa shape index (κ2) is 8.21. The summed E-state index contributed by atoms with van der Waals surface area (Å²) >= 11 is 0. The van der Waals surface area contributed by atoms with E-state index in [2.05, 4.69) is 14.7 Å². The van der Waals surface area contributed by atoms with Crippen LogP contribution in [0.5, 0.6) is 0 Å². The molecule has 15 heteroatoms. The van der Waals surface area contributed by atoms with E-state index in [-0.39, 0.29) is 30.0 Å². The van der Waals surface area contributed by atoms with E-state index >= 15 is 4.39 Å². The summed E-state index contributed by atoms with van der Waals surface area (Å²) in [6.07, 6.45) is -11.2. The Labute approximate surface area is 188 Å². The third-order valence-electron chi connectivity index (χ3n) is 6.06. The zero-order valence-electron chi connectivity index (χ0n) is 18.0. The van der Waals surface area contributed by atoms with Crippen molar-refractivity contribution in [3.8, 4) is 0 Å². The molecule has 0 bridgehead atoms. The number of nitrogens with zero attached hydrogens (tertiary/aromatic N) is 4. The molecule has 4 rings (SSSR count). The van der Waals surface area contributed by atoms with Crippen LogP contribution >= 0.6 is 0 Å². The average molecular weight is 491 g/mol. The Balaban J connectivity index is 1.83. The van der Waals surface area contributed by atoms with Gasteiger partial charge in [-0.2, -0.15) is 18.2 Å². The van der Waals surface area contributed by atoms with E-state index < -0.39 is 66.8 Å². The summed E-state index contributed by atoms with van der Waals surface area (Å²) in [4.78, 5) is 44.4. The number of nitrogens with two attached hydrogens (primary N) is 1. The molecule has 4 atom stereocenters. The number of halogens is 4. The van der Waals surface area contributed by atoms with Crippen molar-refractivity contribution in [1.29, 1.82) is 0 Å². The lowest BCUT2D eigenvalue weighted by Crippen LogP contribution is -2.38. The number of ether oxygens (including phenoxy) is 3. The van der Waals surface area contributed by atoms with Crippen molar-refractivity contribution < 1.29 is 41.4 Å². The lowest BCUT2D eigenvalue weighted by Gasteiger charge is -2.20. The Morgan fingerprint density at radius 2 is 2.03 bits per heavy atom. The Morgan fingerprint density at radius 3 is 2.59 bits per heavy atom. The molecule has 34 heavy (non-hydrogen) atoms. The first-order chi connectivity index (χ1) is 15.9. The molecule has 0 spiro atoms. The van der Waals surface area contributed by atoms with Gasteiger partial charge >= 0.3 is 23.8 Å². The van der Waals surface area contributed by atoms with Crippen molar-refractivity contribution in [2.24, 2.45) is 5.41 Å². The number of nitrogen functional groups attached to an aromatic ring is 1. The predicted molar refractivity (Wildman–Crippen MR) is 105 cm³/mol. The van der Waals surface area contributed by atoms with Crippen molar-refractivity contribution in [3.05, 3.63) is 16.7 Å². The maximum atomic E-state index is 15.2. The van der Waals surface area contributed by atoms with Crippen LogP contribution in [0.1, 0.15) is 32.4 Å². The predicted octanol–water partition coefficient (Wildman–Crippen LogP) is 1.25. The van der Waals surface area contributed by atoms with Gasteiger partial charge in [-0.1, -0.05) is 0 Å². The fraction of sp³-hybridized carbons (Fsp3) is 0.632. The van der Waals surface area contributed by atoms with Crippen LogP contribution in [-0.2, 0) is 30.3 Å². The Bertz CT molecular complexity index is 1190. The minimum absolute atomic E-state index is 0.0910. The van der Waals surface area contributed by atoms with Gasteiger partial charge in [0.1, 0.15) is 11.6 Å². The molecule has 1 saturated carbocycles. The second-order valence-electron chi connectivity index (χ2n) is 8.32. The molecular weight excluding hydrogens is 470 g/mol. The molecule has 3 heterocycles. The molecule has 0 aromatic carbocycles. The number of alkyl halides is 4. The number of hydrogen-bond acceptors (Lipinski definition) is 9. The van der Waals surface area contributed by atoms with E-state index in [0.717, 1.165) is 29.4 Å². The fourth-order valence-electron chi connectivity index (χ4n) is 4.07. The minimum Gasteiger partial charge on any atom is -0.469 e. The SMILES string of the molecule is COC(=O)C[C@H]1O[C@@H](n2c(=O)n(CC3(C(F)(F)F)CC3)c3cnc(N)nc32)[C@H](OC(C)=O)[C@@H]1F. The van der Waals surface area contributed by atoms with Gasteiger partial charge in [-0.3, -0.25) is 14.2 Å². The summed E-state index contributed by atoms with van der Waals surface area (Å²) in [5, 5.41) is 0. The van der Waals surface area contributed by atoms with Gasteiger partial charge in [-0.25, -0.2) is 18.7 Å². The van der Waals surface area contributed by atoms with Gasteiger partial charge in [0.25, 0.3) is 0 Å². The quantitative estimate of drug-likeness (QED) is 0.467. The normalized spacial score (nSPS) is 25.9. The van der Waals surface area contributed by atoms with Crippen LogP contribution in [0, 0.1) is 5.41 Å². The molecule has 0 unspecified atom stereocenters. The highest BCUT2D eigenvalue weighted by atomic mass is 19.4. The zero-order valence-corrected chi connectivity index (χ0v) is 18.0. The molecule has 2 fully saturated rings. The molecule has 1 saturated heterocycles. The number of fused-ring (bicyclic) bond motifs is 1. The second-order valence-corrected chi connectivity index (χ2v) is 8.32. The maximum Gasteiger partial charge on any atom is 0.396 e. The van der Waals surface area contributed by atoms with Gasteiger partial charge in [-0.05, 0) is 12.8 Å². The number of esters is 2. The van der Waals surface area contributed by atoms with Crippen LogP contribution in [-0.4, -0.2) is 62.7 Å². The van der Waals surface area contributed by atoms with Crippen LogP contribution in [0.3, 0.4) is 0 Å². The van der Waals surface area contributed by atoms with Crippen LogP contribution in [0.15, 0.2) is 11.0 Å². The number of carbonyl (C=O) groups excluding carboxylic acids is 2. The largest absolute Gasteiger partial charge is 0.469 e. The number of rotatable bonds is 6. The molecule has 0 radical (unpaired) electrons. The fourth-order valence-corrected chi connectivity index (χ4v) is 4.07. The number of anilines is 1. The summed E-state index contributed by atoms with van der Waals surface area (Å²) in [5.74, 6) is -2.03. The molecule has 2 aliphatic rings. The molecule has 2 aromatic rings. The van der Waals surface area contributed by atoms with Gasteiger partial charge in [0.15, 0.2) is 24.2 Å². The van der Waals surface area contributed by atoms with E-state index in [4.69, 9.17) is 15.2 Å². The number of carbonyl (C=O) groups is 2.